The van der Waals surface area contributed by atoms with Crippen molar-refractivity contribution in [1.82, 2.24) is 0 Å². The van der Waals surface area contributed by atoms with Crippen molar-refractivity contribution in [3.63, 3.8) is 0 Å². The SMILES string of the molecule is O=C1C(O)=C(O)C(=O)C(O)=C1O.[H-].[H-].[H-].[H-].[Na+].[Na+].[Na+].[Na+]. The quantitative estimate of drug-likeness (QED) is 0.256. The third-order valence-electron chi connectivity index (χ3n) is 1.31. The molecule has 1 aliphatic carbocycles. The van der Waals surface area contributed by atoms with E-state index in [9.17, 15) is 9.59 Å². The first-order valence-electron chi connectivity index (χ1n) is 2.80. The van der Waals surface area contributed by atoms with Crippen molar-refractivity contribution in [2.75, 3.05) is 0 Å². The molecule has 0 aromatic rings. The molecule has 4 N–H and O–H groups in total. The summed E-state index contributed by atoms with van der Waals surface area (Å²) in [4.78, 5) is 21.2. The summed E-state index contributed by atoms with van der Waals surface area (Å²) in [5.41, 5.74) is 0. The first kappa shape index (κ1) is 26.6. The van der Waals surface area contributed by atoms with E-state index >= 15 is 0 Å². The molecular formula is C6H8Na4O6. The average molecular weight is 268 g/mol. The van der Waals surface area contributed by atoms with Gasteiger partial charge in [0.25, 0.3) is 11.6 Å². The van der Waals surface area contributed by atoms with Gasteiger partial charge in [-0.25, -0.2) is 0 Å². The zero-order valence-corrected chi connectivity index (χ0v) is 17.6. The van der Waals surface area contributed by atoms with Gasteiger partial charge in [-0.05, 0) is 0 Å². The van der Waals surface area contributed by atoms with E-state index in [1.807, 2.05) is 0 Å². The van der Waals surface area contributed by atoms with Gasteiger partial charge in [-0.3, -0.25) is 9.59 Å². The summed E-state index contributed by atoms with van der Waals surface area (Å²) >= 11 is 0. The Balaban J connectivity index is -0.0000000300. The van der Waals surface area contributed by atoms with Crippen molar-refractivity contribution >= 4 is 11.6 Å². The number of ketones is 2. The molecule has 0 unspecified atom stereocenters. The molecule has 0 bridgehead atoms. The molecule has 0 saturated carbocycles. The number of hydrogen-bond donors (Lipinski definition) is 4. The Hall–Kier alpha value is 2.02. The minimum Gasteiger partial charge on any atom is -1.00 e. The van der Waals surface area contributed by atoms with Crippen LogP contribution in [0, 0.1) is 0 Å². The van der Waals surface area contributed by atoms with Crippen molar-refractivity contribution in [3.8, 4) is 0 Å². The van der Waals surface area contributed by atoms with E-state index in [1.54, 1.807) is 0 Å². The second-order valence-corrected chi connectivity index (χ2v) is 2.05. The van der Waals surface area contributed by atoms with E-state index in [4.69, 9.17) is 20.4 Å². The van der Waals surface area contributed by atoms with E-state index in [1.165, 1.54) is 0 Å². The minimum absolute atomic E-state index is 0. The van der Waals surface area contributed by atoms with E-state index in [-0.39, 0.29) is 124 Å². The third-order valence-corrected chi connectivity index (χ3v) is 1.31. The van der Waals surface area contributed by atoms with Gasteiger partial charge in [0.2, 0.25) is 23.0 Å². The van der Waals surface area contributed by atoms with Crippen LogP contribution in [0.1, 0.15) is 5.71 Å². The van der Waals surface area contributed by atoms with Crippen LogP contribution < -0.4 is 118 Å². The fourth-order valence-corrected chi connectivity index (χ4v) is 0.654. The van der Waals surface area contributed by atoms with Crippen LogP contribution in [0.5, 0.6) is 0 Å². The molecular weight excluding hydrogens is 260 g/mol. The van der Waals surface area contributed by atoms with Crippen LogP contribution in [0.4, 0.5) is 0 Å². The Morgan fingerprint density at radius 3 is 0.812 bits per heavy atom. The number of carbonyl (C=O) groups is 2. The molecule has 16 heavy (non-hydrogen) atoms. The van der Waals surface area contributed by atoms with Crippen molar-refractivity contribution in [1.29, 1.82) is 0 Å². The maximum atomic E-state index is 10.6. The van der Waals surface area contributed by atoms with E-state index in [2.05, 4.69) is 0 Å². The number of aliphatic hydroxyl groups is 4. The molecule has 1 rings (SSSR count). The molecule has 6 nitrogen and oxygen atoms in total. The number of carbonyl (C=O) groups excluding carboxylic acids is 2. The van der Waals surface area contributed by atoms with Gasteiger partial charge in [-0.1, -0.05) is 0 Å². The van der Waals surface area contributed by atoms with Gasteiger partial charge in [-0.15, -0.1) is 0 Å². The van der Waals surface area contributed by atoms with E-state index in [0.717, 1.165) is 0 Å². The summed E-state index contributed by atoms with van der Waals surface area (Å²) in [5, 5.41) is 34.6. The fraction of sp³-hybridized carbons (Fsp3) is 0. The summed E-state index contributed by atoms with van der Waals surface area (Å²) in [5.74, 6) is -7.84. The topological polar surface area (TPSA) is 115 Å². The first-order valence-corrected chi connectivity index (χ1v) is 2.80. The Morgan fingerprint density at radius 1 is 0.562 bits per heavy atom. The van der Waals surface area contributed by atoms with Crippen molar-refractivity contribution in [3.05, 3.63) is 23.0 Å². The number of Topliss-reactive ketones (excluding diaryl/α,β-unsaturated/α-hetero) is 2. The molecule has 0 amide bonds. The number of aliphatic hydroxyl groups excluding tert-OH is 4. The van der Waals surface area contributed by atoms with Gasteiger partial charge < -0.3 is 26.1 Å². The predicted molar refractivity (Wildman–Crippen MR) is 39.0 cm³/mol. The molecule has 0 heterocycles. The predicted octanol–water partition coefficient (Wildman–Crippen LogP) is -11.7. The molecule has 10 heteroatoms. The molecule has 0 aromatic heterocycles. The largest absolute Gasteiger partial charge is 1.00 e. The molecule has 0 aromatic carbocycles. The Kier molecular flexibility index (Phi) is 18.1. The number of rotatable bonds is 0. The van der Waals surface area contributed by atoms with Crippen LogP contribution in [-0.4, -0.2) is 32.0 Å². The van der Waals surface area contributed by atoms with Crippen LogP contribution in [0.25, 0.3) is 0 Å². The normalized spacial score (nSPS) is 14.2. The van der Waals surface area contributed by atoms with Crippen LogP contribution >= 0.6 is 0 Å². The van der Waals surface area contributed by atoms with Crippen LogP contribution in [0.15, 0.2) is 23.0 Å². The average Bonchev–Trinajstić information content (AvgIpc) is 2.08. The van der Waals surface area contributed by atoms with E-state index < -0.39 is 34.6 Å². The molecule has 0 aliphatic heterocycles. The Labute approximate surface area is 185 Å². The summed E-state index contributed by atoms with van der Waals surface area (Å²) in [6.07, 6.45) is 0. The van der Waals surface area contributed by atoms with Gasteiger partial charge >= 0.3 is 118 Å². The summed E-state index contributed by atoms with van der Waals surface area (Å²) in [6.45, 7) is 0. The molecule has 0 fully saturated rings. The molecule has 0 radical (unpaired) electrons. The van der Waals surface area contributed by atoms with Gasteiger partial charge in [0.1, 0.15) is 0 Å². The van der Waals surface area contributed by atoms with Crippen molar-refractivity contribution in [2.24, 2.45) is 0 Å². The van der Waals surface area contributed by atoms with Crippen molar-refractivity contribution in [2.45, 2.75) is 0 Å². The second-order valence-electron chi connectivity index (χ2n) is 2.05. The Morgan fingerprint density at radius 2 is 0.688 bits per heavy atom. The zero-order valence-electron chi connectivity index (χ0n) is 13.6. The molecule has 0 saturated heterocycles. The summed E-state index contributed by atoms with van der Waals surface area (Å²) < 4.78 is 0. The molecule has 72 valence electrons. The minimum atomic E-state index is -1.38. The van der Waals surface area contributed by atoms with E-state index in [0.29, 0.717) is 0 Å². The maximum Gasteiger partial charge on any atom is 1.00 e. The van der Waals surface area contributed by atoms with Gasteiger partial charge in [0, 0.05) is 0 Å². The smallest absolute Gasteiger partial charge is 1.00 e. The van der Waals surface area contributed by atoms with Gasteiger partial charge in [0.15, 0.2) is 0 Å². The second kappa shape index (κ2) is 10.9. The zero-order chi connectivity index (χ0) is 9.46. The third kappa shape index (κ3) is 5.34. The van der Waals surface area contributed by atoms with Gasteiger partial charge in [-0.2, -0.15) is 0 Å². The van der Waals surface area contributed by atoms with Crippen LogP contribution in [-0.2, 0) is 9.59 Å². The monoisotopic (exact) mass is 268 g/mol. The van der Waals surface area contributed by atoms with Gasteiger partial charge in [0.05, 0.1) is 0 Å². The number of hydrogen-bond acceptors (Lipinski definition) is 6. The maximum absolute atomic E-state index is 10.6. The van der Waals surface area contributed by atoms with Crippen LogP contribution in [0.2, 0.25) is 0 Å². The fourth-order valence-electron chi connectivity index (χ4n) is 0.654. The van der Waals surface area contributed by atoms with Crippen molar-refractivity contribution < 1.29 is 154 Å². The standard InChI is InChI=1S/C6H4O6.4Na.4H/c7-1-2(8)4(10)6(12)5(11)3(1)9;;;;;;;;/h7-8,11-12H;;;;;;;;/q;4*+1;4*-1. The molecule has 0 atom stereocenters. The van der Waals surface area contributed by atoms with Crippen LogP contribution in [0.3, 0.4) is 0 Å². The summed E-state index contributed by atoms with van der Waals surface area (Å²) in [7, 11) is 0. The summed E-state index contributed by atoms with van der Waals surface area (Å²) in [6, 6.07) is 0. The first-order chi connectivity index (χ1) is 5.46. The Bertz CT molecular complexity index is 299. The molecule has 0 spiro atoms. The molecule has 1 aliphatic rings.